The minimum Gasteiger partial charge on any atom is -0.507 e. The molecular weight excluding hydrogens is 416 g/mol. The second-order valence-electron chi connectivity index (χ2n) is 8.79. The fourth-order valence-corrected chi connectivity index (χ4v) is 4.30. The highest BCUT2D eigenvalue weighted by atomic mass is 16.3. The molecule has 0 unspecified atom stereocenters. The van der Waals surface area contributed by atoms with Gasteiger partial charge in [0, 0.05) is 16.7 Å². The summed E-state index contributed by atoms with van der Waals surface area (Å²) in [6, 6.07) is 29.1. The lowest BCUT2D eigenvalue weighted by Crippen LogP contribution is -1.99. The topological polar surface area (TPSA) is 37.5 Å². The lowest BCUT2D eigenvalue weighted by molar-refractivity contribution is 0.465. The predicted octanol–water partition coefficient (Wildman–Crippen LogP) is 8.10. The largest absolute Gasteiger partial charge is 0.507 e. The Labute approximate surface area is 203 Å². The number of aromatic hydroxyl groups is 1. The molecule has 0 aliphatic heterocycles. The van der Waals surface area contributed by atoms with Crippen LogP contribution in [0.5, 0.6) is 5.75 Å². The third kappa shape index (κ3) is 5.48. The number of aromatic nitrogens is 1. The van der Waals surface area contributed by atoms with Gasteiger partial charge in [-0.2, -0.15) is 5.10 Å². The van der Waals surface area contributed by atoms with E-state index in [1.165, 1.54) is 5.56 Å². The molecule has 4 rings (SSSR count). The molecule has 1 aromatic heterocycles. The summed E-state index contributed by atoms with van der Waals surface area (Å²) in [5.74, 6) is 0.354. The molecule has 34 heavy (non-hydrogen) atoms. The van der Waals surface area contributed by atoms with Crippen LogP contribution in [-0.2, 0) is 12.8 Å². The van der Waals surface area contributed by atoms with Gasteiger partial charge in [-0.25, -0.2) is 4.68 Å². The van der Waals surface area contributed by atoms with Crippen molar-refractivity contribution in [1.29, 1.82) is 0 Å². The molecule has 0 aliphatic rings. The first-order chi connectivity index (χ1) is 16.7. The van der Waals surface area contributed by atoms with Gasteiger partial charge < -0.3 is 5.11 Å². The molecule has 3 aromatic carbocycles. The summed E-state index contributed by atoms with van der Waals surface area (Å²) in [5.41, 5.74) is 7.32. The molecule has 3 heteroatoms. The summed E-state index contributed by atoms with van der Waals surface area (Å²) in [6.45, 7) is 4.39. The molecule has 0 radical (unpaired) electrons. The summed E-state index contributed by atoms with van der Waals surface area (Å²) in [7, 11) is 0. The Morgan fingerprint density at radius 1 is 0.735 bits per heavy atom. The number of aryl methyl sites for hydroxylation is 2. The van der Waals surface area contributed by atoms with E-state index in [4.69, 9.17) is 5.10 Å². The standard InChI is InChI=1S/C31H34N2O/c1-3-5-13-24-21-27(14-6-4-2)31(34)28(22-24)23-32-33-29(25-15-9-7-10-16-25)19-20-30(33)26-17-11-8-12-18-26/h7-12,15-23,34H,3-6,13-14H2,1-2H3/b32-23+. The van der Waals surface area contributed by atoms with Crippen molar-refractivity contribution in [2.45, 2.75) is 52.4 Å². The van der Waals surface area contributed by atoms with E-state index >= 15 is 0 Å². The summed E-state index contributed by atoms with van der Waals surface area (Å²) >= 11 is 0. The quantitative estimate of drug-likeness (QED) is 0.244. The Bertz CT molecular complexity index is 1170. The second kappa shape index (κ2) is 11.5. The number of phenolic OH excluding ortho intramolecular Hbond substituents is 1. The van der Waals surface area contributed by atoms with E-state index in [0.717, 1.165) is 72.2 Å². The van der Waals surface area contributed by atoms with Crippen LogP contribution in [0.3, 0.4) is 0 Å². The van der Waals surface area contributed by atoms with E-state index in [1.54, 1.807) is 0 Å². The van der Waals surface area contributed by atoms with Crippen molar-refractivity contribution >= 4 is 6.21 Å². The number of hydrogen-bond acceptors (Lipinski definition) is 2. The van der Waals surface area contributed by atoms with Crippen molar-refractivity contribution in [1.82, 2.24) is 4.68 Å². The summed E-state index contributed by atoms with van der Waals surface area (Å²) < 4.78 is 1.98. The molecule has 0 amide bonds. The van der Waals surface area contributed by atoms with E-state index in [2.05, 4.69) is 62.4 Å². The van der Waals surface area contributed by atoms with Crippen LogP contribution in [0.15, 0.2) is 90.0 Å². The molecule has 0 spiro atoms. The summed E-state index contributed by atoms with van der Waals surface area (Å²) in [6.07, 6.45) is 8.18. The third-order valence-electron chi connectivity index (χ3n) is 6.20. The average molecular weight is 451 g/mol. The Morgan fingerprint density at radius 2 is 1.29 bits per heavy atom. The first-order valence-corrected chi connectivity index (χ1v) is 12.4. The highest BCUT2D eigenvalue weighted by Crippen LogP contribution is 2.30. The van der Waals surface area contributed by atoms with Crippen LogP contribution in [-0.4, -0.2) is 16.0 Å². The van der Waals surface area contributed by atoms with Crippen molar-refractivity contribution < 1.29 is 5.11 Å². The van der Waals surface area contributed by atoms with Crippen molar-refractivity contribution in [3.8, 4) is 28.3 Å². The first kappa shape index (κ1) is 23.6. The number of hydrogen-bond donors (Lipinski definition) is 1. The van der Waals surface area contributed by atoms with Gasteiger partial charge in [0.25, 0.3) is 0 Å². The van der Waals surface area contributed by atoms with Gasteiger partial charge in [-0.15, -0.1) is 0 Å². The Hall–Kier alpha value is -3.59. The molecule has 4 aromatic rings. The molecule has 0 fully saturated rings. The first-order valence-electron chi connectivity index (χ1n) is 12.4. The van der Waals surface area contributed by atoms with Gasteiger partial charge in [0.15, 0.2) is 0 Å². The zero-order valence-corrected chi connectivity index (χ0v) is 20.2. The van der Waals surface area contributed by atoms with Gasteiger partial charge in [-0.3, -0.25) is 0 Å². The summed E-state index contributed by atoms with van der Waals surface area (Å²) in [5, 5.41) is 16.0. The van der Waals surface area contributed by atoms with Gasteiger partial charge in [-0.05, 0) is 55.0 Å². The maximum Gasteiger partial charge on any atom is 0.127 e. The van der Waals surface area contributed by atoms with E-state index in [9.17, 15) is 5.11 Å². The van der Waals surface area contributed by atoms with Crippen LogP contribution >= 0.6 is 0 Å². The maximum atomic E-state index is 11.1. The van der Waals surface area contributed by atoms with Crippen molar-refractivity contribution in [3.05, 3.63) is 102 Å². The molecule has 0 saturated heterocycles. The maximum absolute atomic E-state index is 11.1. The molecule has 174 valence electrons. The van der Waals surface area contributed by atoms with Crippen LogP contribution in [0.4, 0.5) is 0 Å². The zero-order chi connectivity index (χ0) is 23.8. The van der Waals surface area contributed by atoms with Crippen LogP contribution in [0.2, 0.25) is 0 Å². The third-order valence-corrected chi connectivity index (χ3v) is 6.20. The van der Waals surface area contributed by atoms with E-state index in [1.807, 2.05) is 47.3 Å². The van der Waals surface area contributed by atoms with Crippen LogP contribution in [0.25, 0.3) is 22.5 Å². The number of benzene rings is 3. The molecule has 0 atom stereocenters. The molecule has 1 heterocycles. The fraction of sp³-hybridized carbons (Fsp3) is 0.258. The number of nitrogens with zero attached hydrogens (tertiary/aromatic N) is 2. The highest BCUT2D eigenvalue weighted by Gasteiger charge is 2.13. The smallest absolute Gasteiger partial charge is 0.127 e. The van der Waals surface area contributed by atoms with E-state index in [0.29, 0.717) is 5.75 Å². The Kier molecular flexibility index (Phi) is 7.98. The average Bonchev–Trinajstić information content (AvgIpc) is 3.31. The monoisotopic (exact) mass is 450 g/mol. The minimum atomic E-state index is 0.354. The molecule has 0 aliphatic carbocycles. The van der Waals surface area contributed by atoms with Crippen LogP contribution in [0, 0.1) is 0 Å². The Balaban J connectivity index is 1.79. The normalized spacial score (nSPS) is 11.4. The number of unbranched alkanes of at least 4 members (excludes halogenated alkanes) is 2. The molecule has 0 bridgehead atoms. The van der Waals surface area contributed by atoms with Crippen molar-refractivity contribution in [3.63, 3.8) is 0 Å². The zero-order valence-electron chi connectivity index (χ0n) is 20.2. The van der Waals surface area contributed by atoms with Gasteiger partial charge in [-0.1, -0.05) is 93.4 Å². The fourth-order valence-electron chi connectivity index (χ4n) is 4.30. The second-order valence-corrected chi connectivity index (χ2v) is 8.79. The van der Waals surface area contributed by atoms with Crippen LogP contribution < -0.4 is 0 Å². The van der Waals surface area contributed by atoms with Crippen molar-refractivity contribution in [2.75, 3.05) is 0 Å². The molecule has 3 nitrogen and oxygen atoms in total. The lowest BCUT2D eigenvalue weighted by atomic mass is 9.97. The molecule has 1 N–H and O–H groups in total. The van der Waals surface area contributed by atoms with Gasteiger partial charge in [0.1, 0.15) is 5.75 Å². The molecule has 0 saturated carbocycles. The highest BCUT2D eigenvalue weighted by molar-refractivity contribution is 5.85. The molecular formula is C31H34N2O. The Morgan fingerprint density at radius 3 is 1.85 bits per heavy atom. The van der Waals surface area contributed by atoms with Gasteiger partial charge >= 0.3 is 0 Å². The van der Waals surface area contributed by atoms with E-state index < -0.39 is 0 Å². The van der Waals surface area contributed by atoms with Gasteiger partial charge in [0.2, 0.25) is 0 Å². The van der Waals surface area contributed by atoms with Gasteiger partial charge in [0.05, 0.1) is 17.6 Å². The lowest BCUT2D eigenvalue weighted by Gasteiger charge is -2.12. The number of rotatable bonds is 10. The predicted molar refractivity (Wildman–Crippen MR) is 144 cm³/mol. The number of phenols is 1. The minimum absolute atomic E-state index is 0.354. The van der Waals surface area contributed by atoms with Crippen LogP contribution in [0.1, 0.15) is 56.2 Å². The van der Waals surface area contributed by atoms with Crippen molar-refractivity contribution in [2.24, 2.45) is 5.10 Å². The van der Waals surface area contributed by atoms with E-state index in [-0.39, 0.29) is 0 Å². The summed E-state index contributed by atoms with van der Waals surface area (Å²) in [4.78, 5) is 0. The SMILES string of the molecule is CCCCc1cc(/C=N/n2c(-c3ccccc3)ccc2-c2ccccc2)c(O)c(CCCC)c1.